The number of ether oxygens (including phenoxy) is 2. The third kappa shape index (κ3) is 6.38. The van der Waals surface area contributed by atoms with Gasteiger partial charge in [-0.1, -0.05) is 32.1 Å². The summed E-state index contributed by atoms with van der Waals surface area (Å²) in [6.45, 7) is 15.1. The van der Waals surface area contributed by atoms with Crippen LogP contribution in [-0.2, 0) is 10.2 Å². The number of fused-ring (bicyclic) bond motifs is 1. The zero-order valence-electron chi connectivity index (χ0n) is 25.6. The van der Waals surface area contributed by atoms with Gasteiger partial charge < -0.3 is 19.7 Å². The molecule has 0 spiro atoms. The van der Waals surface area contributed by atoms with Gasteiger partial charge in [0.05, 0.1) is 48.2 Å². The Morgan fingerprint density at radius 1 is 1.10 bits per heavy atom. The van der Waals surface area contributed by atoms with Gasteiger partial charge in [0, 0.05) is 35.4 Å². The van der Waals surface area contributed by atoms with E-state index in [0.29, 0.717) is 41.4 Å². The predicted octanol–water partition coefficient (Wildman–Crippen LogP) is 5.64. The lowest BCUT2D eigenvalue weighted by Gasteiger charge is -2.34. The Morgan fingerprint density at radius 3 is 2.50 bits per heavy atom. The van der Waals surface area contributed by atoms with Crippen molar-refractivity contribution < 1.29 is 14.3 Å². The Hall–Kier alpha value is -4.05. The SMILES string of the molecule is COc1cc2c(-c3ccc(NC(C)=O)c(-n4cc(C(C)(C)C)nn4)c3)ncnc2cc1OCC1CCN(C(C)C)CC1. The first-order valence-electron chi connectivity index (χ1n) is 14.6. The summed E-state index contributed by atoms with van der Waals surface area (Å²) >= 11 is 0. The minimum absolute atomic E-state index is 0.171. The van der Waals surface area contributed by atoms with E-state index in [2.05, 4.69) is 65.1 Å². The number of amides is 1. The van der Waals surface area contributed by atoms with Gasteiger partial charge in [-0.05, 0) is 63.9 Å². The number of methoxy groups -OCH3 is 1. The Morgan fingerprint density at radius 2 is 1.86 bits per heavy atom. The van der Waals surface area contributed by atoms with E-state index in [4.69, 9.17) is 9.47 Å². The molecule has 1 aliphatic rings. The van der Waals surface area contributed by atoms with Crippen molar-refractivity contribution >= 4 is 22.5 Å². The van der Waals surface area contributed by atoms with Crippen molar-refractivity contribution in [2.24, 2.45) is 5.92 Å². The quantitative estimate of drug-likeness (QED) is 0.290. The Bertz CT molecular complexity index is 1570. The maximum atomic E-state index is 12.0. The van der Waals surface area contributed by atoms with Gasteiger partial charge in [-0.15, -0.1) is 5.10 Å². The molecule has 0 unspecified atom stereocenters. The molecule has 0 saturated carbocycles. The molecular weight excluding hydrogens is 530 g/mol. The molecule has 1 N–H and O–H groups in total. The monoisotopic (exact) mass is 571 g/mol. The fourth-order valence-electron chi connectivity index (χ4n) is 5.30. The molecule has 1 fully saturated rings. The lowest BCUT2D eigenvalue weighted by atomic mass is 9.93. The molecule has 1 amide bonds. The Kier molecular flexibility index (Phi) is 8.45. The van der Waals surface area contributed by atoms with Crippen molar-refractivity contribution in [3.05, 3.63) is 48.5 Å². The van der Waals surface area contributed by atoms with E-state index in [0.717, 1.165) is 53.8 Å². The molecule has 0 radical (unpaired) electrons. The molecule has 222 valence electrons. The van der Waals surface area contributed by atoms with Crippen molar-refractivity contribution in [3.8, 4) is 28.4 Å². The topological polar surface area (TPSA) is 107 Å². The predicted molar refractivity (Wildman–Crippen MR) is 164 cm³/mol. The van der Waals surface area contributed by atoms with Crippen LogP contribution in [0.2, 0.25) is 0 Å². The lowest BCUT2D eigenvalue weighted by molar-refractivity contribution is -0.114. The number of likely N-dealkylation sites (tertiary alicyclic amines) is 1. The minimum atomic E-state index is -0.172. The molecule has 0 bridgehead atoms. The highest BCUT2D eigenvalue weighted by atomic mass is 16.5. The van der Waals surface area contributed by atoms with Crippen LogP contribution < -0.4 is 14.8 Å². The largest absolute Gasteiger partial charge is 0.493 e. The van der Waals surface area contributed by atoms with Gasteiger partial charge in [0.1, 0.15) is 6.33 Å². The fraction of sp³-hybridized carbons (Fsp3) is 0.469. The van der Waals surface area contributed by atoms with Gasteiger partial charge in [-0.2, -0.15) is 0 Å². The van der Waals surface area contributed by atoms with E-state index < -0.39 is 0 Å². The number of nitrogens with zero attached hydrogens (tertiary/aromatic N) is 6. The van der Waals surface area contributed by atoms with Crippen LogP contribution in [0, 0.1) is 5.92 Å². The molecule has 4 aromatic rings. The van der Waals surface area contributed by atoms with Gasteiger partial charge in [-0.3, -0.25) is 4.79 Å². The highest BCUT2D eigenvalue weighted by molar-refractivity contribution is 5.96. The second-order valence-corrected chi connectivity index (χ2v) is 12.3. The van der Waals surface area contributed by atoms with Gasteiger partial charge in [0.2, 0.25) is 5.91 Å². The number of rotatable bonds is 8. The van der Waals surface area contributed by atoms with Gasteiger partial charge in [0.15, 0.2) is 11.5 Å². The number of carbonyl (C=O) groups is 1. The second kappa shape index (κ2) is 12.1. The maximum Gasteiger partial charge on any atom is 0.221 e. The summed E-state index contributed by atoms with van der Waals surface area (Å²) in [4.78, 5) is 23.7. The number of hydrogen-bond acceptors (Lipinski definition) is 8. The number of anilines is 1. The molecule has 0 aliphatic carbocycles. The summed E-state index contributed by atoms with van der Waals surface area (Å²) in [5, 5.41) is 12.5. The zero-order valence-corrected chi connectivity index (χ0v) is 25.6. The van der Waals surface area contributed by atoms with Gasteiger partial charge in [-0.25, -0.2) is 14.6 Å². The minimum Gasteiger partial charge on any atom is -0.493 e. The first-order valence-corrected chi connectivity index (χ1v) is 14.6. The molecular formula is C32H41N7O3. The van der Waals surface area contributed by atoms with Crippen LogP contribution in [0.3, 0.4) is 0 Å². The third-order valence-corrected chi connectivity index (χ3v) is 7.87. The van der Waals surface area contributed by atoms with E-state index in [9.17, 15) is 4.79 Å². The van der Waals surface area contributed by atoms with Crippen LogP contribution in [0.5, 0.6) is 11.5 Å². The standard InChI is InChI=1S/C32H41N7O3/c1-20(2)38-12-10-22(11-13-38)18-42-29-16-26-24(15-28(29)41-7)31(34-19-33-26)23-8-9-25(35-21(3)40)27(14-23)39-17-30(36-37-39)32(4,5)6/h8-9,14-17,19-20,22H,10-13,18H2,1-7H3,(H,35,40). The molecule has 42 heavy (non-hydrogen) atoms. The summed E-state index contributed by atoms with van der Waals surface area (Å²) in [6, 6.07) is 10.2. The molecule has 10 nitrogen and oxygen atoms in total. The summed E-state index contributed by atoms with van der Waals surface area (Å²) < 4.78 is 13.8. The van der Waals surface area contributed by atoms with Crippen LogP contribution in [-0.4, -0.2) is 68.6 Å². The van der Waals surface area contributed by atoms with E-state index in [1.165, 1.54) is 6.92 Å². The average molecular weight is 572 g/mol. The number of carbonyl (C=O) groups excluding carboxylic acids is 1. The summed E-state index contributed by atoms with van der Waals surface area (Å²) in [6.07, 6.45) is 5.70. The Balaban J connectivity index is 1.47. The molecule has 2 aromatic carbocycles. The fourth-order valence-corrected chi connectivity index (χ4v) is 5.30. The number of hydrogen-bond donors (Lipinski definition) is 1. The molecule has 1 aliphatic heterocycles. The van der Waals surface area contributed by atoms with Gasteiger partial charge >= 0.3 is 0 Å². The van der Waals surface area contributed by atoms with Crippen LogP contribution in [0.1, 0.15) is 60.1 Å². The lowest BCUT2D eigenvalue weighted by Crippen LogP contribution is -2.39. The molecule has 5 rings (SSSR count). The molecule has 0 atom stereocenters. The summed E-state index contributed by atoms with van der Waals surface area (Å²) in [5.74, 6) is 1.66. The highest BCUT2D eigenvalue weighted by Gasteiger charge is 2.23. The number of nitrogens with one attached hydrogen (secondary N) is 1. The van der Waals surface area contributed by atoms with Crippen molar-refractivity contribution in [1.82, 2.24) is 29.9 Å². The van der Waals surface area contributed by atoms with E-state index in [1.54, 1.807) is 18.1 Å². The van der Waals surface area contributed by atoms with Crippen molar-refractivity contribution in [1.29, 1.82) is 0 Å². The van der Waals surface area contributed by atoms with Crippen LogP contribution in [0.4, 0.5) is 5.69 Å². The van der Waals surface area contributed by atoms with Crippen LogP contribution >= 0.6 is 0 Å². The zero-order chi connectivity index (χ0) is 30.0. The normalized spacial score (nSPS) is 14.9. The first kappa shape index (κ1) is 29.4. The van der Waals surface area contributed by atoms with Crippen LogP contribution in [0.15, 0.2) is 42.9 Å². The van der Waals surface area contributed by atoms with Crippen LogP contribution in [0.25, 0.3) is 27.8 Å². The van der Waals surface area contributed by atoms with Crippen molar-refractivity contribution in [3.63, 3.8) is 0 Å². The van der Waals surface area contributed by atoms with E-state index in [-0.39, 0.29) is 11.3 Å². The van der Waals surface area contributed by atoms with E-state index >= 15 is 0 Å². The Labute approximate surface area is 247 Å². The second-order valence-electron chi connectivity index (χ2n) is 12.3. The summed E-state index contributed by atoms with van der Waals surface area (Å²) in [7, 11) is 1.65. The number of aromatic nitrogens is 5. The third-order valence-electron chi connectivity index (χ3n) is 7.87. The smallest absolute Gasteiger partial charge is 0.221 e. The molecule has 10 heteroatoms. The molecule has 2 aromatic heterocycles. The van der Waals surface area contributed by atoms with Crippen molar-refractivity contribution in [2.75, 3.05) is 32.1 Å². The highest BCUT2D eigenvalue weighted by Crippen LogP contribution is 2.37. The average Bonchev–Trinajstić information content (AvgIpc) is 3.46. The summed E-state index contributed by atoms with van der Waals surface area (Å²) in [5.41, 5.74) is 4.32. The number of piperidine rings is 1. The molecule has 1 saturated heterocycles. The molecule has 3 heterocycles. The van der Waals surface area contributed by atoms with Crippen molar-refractivity contribution in [2.45, 2.75) is 65.8 Å². The first-order chi connectivity index (χ1) is 20.0. The maximum absolute atomic E-state index is 12.0. The number of benzene rings is 2. The van der Waals surface area contributed by atoms with E-state index in [1.807, 2.05) is 36.5 Å². The van der Waals surface area contributed by atoms with Gasteiger partial charge in [0.25, 0.3) is 0 Å².